The van der Waals surface area contributed by atoms with Gasteiger partial charge in [-0.3, -0.25) is 0 Å². The quantitative estimate of drug-likeness (QED) is 0.725. The molecule has 1 atom stereocenters. The van der Waals surface area contributed by atoms with Gasteiger partial charge in [0.2, 0.25) is 0 Å². The molecule has 1 saturated heterocycles. The summed E-state index contributed by atoms with van der Waals surface area (Å²) in [5, 5.41) is 0. The Hall–Kier alpha value is -1.30. The molecule has 0 bridgehead atoms. The highest BCUT2D eigenvalue weighted by molar-refractivity contribution is 9.10. The average Bonchev–Trinajstić information content (AvgIpc) is 2.36. The molecule has 2 rings (SSSR count). The lowest BCUT2D eigenvalue weighted by atomic mass is 10.2. The van der Waals surface area contributed by atoms with Crippen molar-refractivity contribution in [2.24, 2.45) is 0 Å². The van der Waals surface area contributed by atoms with Gasteiger partial charge in [-0.05, 0) is 55.8 Å². The van der Waals surface area contributed by atoms with E-state index in [4.69, 9.17) is 4.74 Å². The molecule has 6 heteroatoms. The number of rotatable bonds is 1. The van der Waals surface area contributed by atoms with E-state index in [0.29, 0.717) is 13.1 Å². The van der Waals surface area contributed by atoms with Crippen LogP contribution in [0.3, 0.4) is 0 Å². The van der Waals surface area contributed by atoms with Gasteiger partial charge in [0.15, 0.2) is 0 Å². The summed E-state index contributed by atoms with van der Waals surface area (Å²) in [6.45, 7) is 9.79. The van der Waals surface area contributed by atoms with Gasteiger partial charge >= 0.3 is 6.09 Å². The number of anilines is 1. The molecule has 1 aliphatic rings. The lowest BCUT2D eigenvalue weighted by Gasteiger charge is -2.40. The number of hydrogen-bond donors (Lipinski definition) is 0. The van der Waals surface area contributed by atoms with E-state index in [1.165, 1.54) is 0 Å². The molecule has 0 aromatic carbocycles. The minimum atomic E-state index is -0.455. The molecule has 1 aromatic heterocycles. The molecule has 0 spiro atoms. The summed E-state index contributed by atoms with van der Waals surface area (Å²) in [6, 6.07) is 6.07. The van der Waals surface area contributed by atoms with Crippen molar-refractivity contribution in [1.29, 1.82) is 0 Å². The fourth-order valence-electron chi connectivity index (χ4n) is 2.35. The first-order valence-corrected chi connectivity index (χ1v) is 7.93. The van der Waals surface area contributed by atoms with Crippen molar-refractivity contribution in [2.45, 2.75) is 39.3 Å². The Bertz CT molecular complexity index is 516. The van der Waals surface area contributed by atoms with E-state index in [9.17, 15) is 4.79 Å². The van der Waals surface area contributed by atoms with Crippen LogP contribution in [0.15, 0.2) is 22.8 Å². The standard InChI is InChI=1S/C15H22BrN3O2/c1-11-10-18(14(20)21-15(2,3)4)8-9-19(11)13-7-5-6-12(16)17-13/h5-7,11H,8-10H2,1-4H3. The number of carbonyl (C=O) groups excluding carboxylic acids is 1. The molecular weight excluding hydrogens is 334 g/mol. The lowest BCUT2D eigenvalue weighted by molar-refractivity contribution is 0.0218. The summed E-state index contributed by atoms with van der Waals surface area (Å²) >= 11 is 3.39. The molecule has 0 saturated carbocycles. The Morgan fingerprint density at radius 2 is 2.10 bits per heavy atom. The smallest absolute Gasteiger partial charge is 0.410 e. The van der Waals surface area contributed by atoms with Crippen LogP contribution in [0.2, 0.25) is 0 Å². The summed E-state index contributed by atoms with van der Waals surface area (Å²) in [6.07, 6.45) is -0.240. The molecule has 5 nitrogen and oxygen atoms in total. The van der Waals surface area contributed by atoms with Gasteiger partial charge in [-0.25, -0.2) is 9.78 Å². The van der Waals surface area contributed by atoms with Crippen molar-refractivity contribution >= 4 is 27.8 Å². The third-order valence-electron chi connectivity index (χ3n) is 3.27. The summed E-state index contributed by atoms with van der Waals surface area (Å²) in [4.78, 5) is 20.6. The Balaban J connectivity index is 2.01. The fraction of sp³-hybridized carbons (Fsp3) is 0.600. The van der Waals surface area contributed by atoms with Crippen LogP contribution < -0.4 is 4.90 Å². The maximum Gasteiger partial charge on any atom is 0.410 e. The van der Waals surface area contributed by atoms with Gasteiger partial charge in [0.1, 0.15) is 16.0 Å². The number of carbonyl (C=O) groups is 1. The third kappa shape index (κ3) is 4.33. The van der Waals surface area contributed by atoms with E-state index < -0.39 is 5.60 Å². The second kappa shape index (κ2) is 6.22. The van der Waals surface area contributed by atoms with E-state index in [1.807, 2.05) is 39.0 Å². The van der Waals surface area contributed by atoms with Crippen molar-refractivity contribution in [2.75, 3.05) is 24.5 Å². The highest BCUT2D eigenvalue weighted by Gasteiger charge is 2.30. The second-order valence-electron chi connectivity index (χ2n) is 6.29. The average molecular weight is 356 g/mol. The predicted octanol–water partition coefficient (Wildman–Crippen LogP) is 3.29. The van der Waals surface area contributed by atoms with Crippen LogP contribution in [0.5, 0.6) is 0 Å². The van der Waals surface area contributed by atoms with Gasteiger partial charge in [-0.15, -0.1) is 0 Å². The highest BCUT2D eigenvalue weighted by atomic mass is 79.9. The Kier molecular flexibility index (Phi) is 4.76. The summed E-state index contributed by atoms with van der Waals surface area (Å²) in [7, 11) is 0. The molecule has 1 amide bonds. The molecular formula is C15H22BrN3O2. The van der Waals surface area contributed by atoms with E-state index >= 15 is 0 Å². The molecule has 1 unspecified atom stereocenters. The van der Waals surface area contributed by atoms with E-state index in [2.05, 4.69) is 32.7 Å². The molecule has 2 heterocycles. The van der Waals surface area contributed by atoms with Crippen LogP contribution in [0.1, 0.15) is 27.7 Å². The van der Waals surface area contributed by atoms with Crippen LogP contribution in [0, 0.1) is 0 Å². The summed E-state index contributed by atoms with van der Waals surface area (Å²) in [5.74, 6) is 0.931. The first-order valence-electron chi connectivity index (χ1n) is 7.13. The minimum Gasteiger partial charge on any atom is -0.444 e. The van der Waals surface area contributed by atoms with Crippen molar-refractivity contribution in [3.63, 3.8) is 0 Å². The molecule has 1 aromatic rings. The number of halogens is 1. The maximum atomic E-state index is 12.1. The van der Waals surface area contributed by atoms with Gasteiger partial charge in [-0.2, -0.15) is 0 Å². The Labute approximate surface area is 134 Å². The van der Waals surface area contributed by atoms with E-state index in [1.54, 1.807) is 4.90 Å². The van der Waals surface area contributed by atoms with Crippen LogP contribution >= 0.6 is 15.9 Å². The van der Waals surface area contributed by atoms with Crippen LogP contribution in [0.4, 0.5) is 10.6 Å². The first kappa shape index (κ1) is 16.1. The maximum absolute atomic E-state index is 12.1. The fourth-order valence-corrected chi connectivity index (χ4v) is 2.68. The first-order chi connectivity index (χ1) is 9.76. The molecule has 0 N–H and O–H groups in total. The number of amides is 1. The zero-order valence-electron chi connectivity index (χ0n) is 13.0. The van der Waals surface area contributed by atoms with Crippen molar-refractivity contribution < 1.29 is 9.53 Å². The number of aromatic nitrogens is 1. The molecule has 1 aliphatic heterocycles. The van der Waals surface area contributed by atoms with Crippen LogP contribution in [-0.4, -0.2) is 47.3 Å². The zero-order valence-corrected chi connectivity index (χ0v) is 14.6. The van der Waals surface area contributed by atoms with Gasteiger partial charge in [0, 0.05) is 25.7 Å². The summed E-state index contributed by atoms with van der Waals surface area (Å²) in [5.41, 5.74) is -0.455. The van der Waals surface area contributed by atoms with E-state index in [-0.39, 0.29) is 12.1 Å². The lowest BCUT2D eigenvalue weighted by Crippen LogP contribution is -2.54. The number of hydrogen-bond acceptors (Lipinski definition) is 4. The van der Waals surface area contributed by atoms with Gasteiger partial charge < -0.3 is 14.5 Å². The highest BCUT2D eigenvalue weighted by Crippen LogP contribution is 2.21. The normalized spacial score (nSPS) is 19.6. The van der Waals surface area contributed by atoms with E-state index in [0.717, 1.165) is 17.0 Å². The number of ether oxygens (including phenoxy) is 1. The molecule has 0 radical (unpaired) electrons. The largest absolute Gasteiger partial charge is 0.444 e. The molecule has 116 valence electrons. The topological polar surface area (TPSA) is 45.7 Å². The molecule has 0 aliphatic carbocycles. The molecule has 21 heavy (non-hydrogen) atoms. The van der Waals surface area contributed by atoms with Crippen molar-refractivity contribution in [1.82, 2.24) is 9.88 Å². The molecule has 1 fully saturated rings. The monoisotopic (exact) mass is 355 g/mol. The number of piperazine rings is 1. The summed E-state index contributed by atoms with van der Waals surface area (Å²) < 4.78 is 6.25. The predicted molar refractivity (Wildman–Crippen MR) is 86.6 cm³/mol. The number of nitrogens with zero attached hydrogens (tertiary/aromatic N) is 3. The SMILES string of the molecule is CC1CN(C(=O)OC(C)(C)C)CCN1c1cccc(Br)n1. The number of pyridine rings is 1. The third-order valence-corrected chi connectivity index (χ3v) is 3.72. The van der Waals surface area contributed by atoms with Gasteiger partial charge in [0.25, 0.3) is 0 Å². The van der Waals surface area contributed by atoms with Crippen molar-refractivity contribution in [3.05, 3.63) is 22.8 Å². The van der Waals surface area contributed by atoms with Gasteiger partial charge in [0.05, 0.1) is 0 Å². The Morgan fingerprint density at radius 3 is 2.67 bits per heavy atom. The second-order valence-corrected chi connectivity index (χ2v) is 7.10. The van der Waals surface area contributed by atoms with Crippen LogP contribution in [0.25, 0.3) is 0 Å². The van der Waals surface area contributed by atoms with Gasteiger partial charge in [-0.1, -0.05) is 6.07 Å². The zero-order chi connectivity index (χ0) is 15.6. The van der Waals surface area contributed by atoms with Crippen LogP contribution in [-0.2, 0) is 4.74 Å². The Morgan fingerprint density at radius 1 is 1.38 bits per heavy atom. The minimum absolute atomic E-state index is 0.202. The van der Waals surface area contributed by atoms with Crippen molar-refractivity contribution in [3.8, 4) is 0 Å².